The Balaban J connectivity index is 0.000000536. The summed E-state index contributed by atoms with van der Waals surface area (Å²) in [4.78, 5) is 23.1. The average Bonchev–Trinajstić information content (AvgIpc) is 3.13. The minimum absolute atomic E-state index is 0.512. The van der Waals surface area contributed by atoms with E-state index in [0.29, 0.717) is 12.1 Å². The Labute approximate surface area is 176 Å². The predicted octanol–water partition coefficient (Wildman–Crippen LogP) is 3.24. The lowest BCUT2D eigenvalue weighted by molar-refractivity contribution is -0.193. The van der Waals surface area contributed by atoms with E-state index in [2.05, 4.69) is 30.6 Å². The fourth-order valence-electron chi connectivity index (χ4n) is 3.22. The first-order valence-electron chi connectivity index (χ1n) is 9.79. The number of aliphatic carboxylic acids is 2. The number of nitrogens with zero attached hydrogens (tertiary/aromatic N) is 2. The van der Waals surface area contributed by atoms with E-state index in [0.717, 1.165) is 19.2 Å². The van der Waals surface area contributed by atoms with E-state index < -0.39 is 24.3 Å². The predicted molar refractivity (Wildman–Crippen MR) is 98.7 cm³/mol. The molecular formula is C18H30F6N2O5. The quantitative estimate of drug-likeness (QED) is 0.613. The van der Waals surface area contributed by atoms with Gasteiger partial charge in [0.1, 0.15) is 0 Å². The van der Waals surface area contributed by atoms with Crippen LogP contribution < -0.4 is 0 Å². The molecule has 0 spiro atoms. The van der Waals surface area contributed by atoms with Crippen LogP contribution in [0.25, 0.3) is 0 Å². The first-order valence-corrected chi connectivity index (χ1v) is 9.79. The number of halogens is 6. The lowest BCUT2D eigenvalue weighted by atomic mass is 10.1. The van der Waals surface area contributed by atoms with Gasteiger partial charge in [0.2, 0.25) is 0 Å². The van der Waals surface area contributed by atoms with E-state index in [1.165, 1.54) is 38.9 Å². The van der Waals surface area contributed by atoms with E-state index >= 15 is 0 Å². The van der Waals surface area contributed by atoms with Crippen molar-refractivity contribution < 1.29 is 50.9 Å². The maximum atomic E-state index is 10.6. The first-order chi connectivity index (χ1) is 14.1. The number of rotatable bonds is 4. The molecule has 184 valence electrons. The molecule has 2 saturated heterocycles. The highest BCUT2D eigenvalue weighted by Crippen LogP contribution is 2.19. The van der Waals surface area contributed by atoms with Crippen molar-refractivity contribution in [3.05, 3.63) is 0 Å². The molecule has 0 aromatic carbocycles. The van der Waals surface area contributed by atoms with Crippen LogP contribution in [0.4, 0.5) is 26.3 Å². The molecule has 0 aromatic rings. The number of alkyl halides is 6. The fraction of sp³-hybridized carbons (Fsp3) is 0.889. The molecular weight excluding hydrogens is 438 g/mol. The minimum Gasteiger partial charge on any atom is -0.475 e. The molecule has 7 nitrogen and oxygen atoms in total. The van der Waals surface area contributed by atoms with Crippen molar-refractivity contribution in [2.75, 3.05) is 32.8 Å². The number of carboxylic acids is 2. The smallest absolute Gasteiger partial charge is 0.475 e. The molecule has 0 aromatic heterocycles. The van der Waals surface area contributed by atoms with Crippen LogP contribution in [0.1, 0.15) is 40.0 Å². The second-order valence-corrected chi connectivity index (χ2v) is 7.39. The number of hydrogen-bond donors (Lipinski definition) is 2. The van der Waals surface area contributed by atoms with Crippen molar-refractivity contribution in [1.29, 1.82) is 0 Å². The van der Waals surface area contributed by atoms with Crippen molar-refractivity contribution in [2.45, 2.75) is 70.6 Å². The lowest BCUT2D eigenvalue weighted by Gasteiger charge is -2.43. The van der Waals surface area contributed by atoms with Crippen LogP contribution in [0, 0.1) is 0 Å². The Morgan fingerprint density at radius 2 is 1.52 bits per heavy atom. The number of carboxylic acid groups (broad SMARTS) is 2. The van der Waals surface area contributed by atoms with Gasteiger partial charge in [0, 0.05) is 44.9 Å². The SMILES string of the molecule is CCC1CN(CC2CCCO2)CCN1C(C)C.O=C(O)C(F)(F)F.O=C(O)C(F)(F)F. The number of carbonyl (C=O) groups is 2. The summed E-state index contributed by atoms with van der Waals surface area (Å²) in [5, 5.41) is 14.2. The number of hydrogen-bond acceptors (Lipinski definition) is 5. The minimum atomic E-state index is -5.08. The summed E-state index contributed by atoms with van der Waals surface area (Å²) in [5.74, 6) is -5.51. The van der Waals surface area contributed by atoms with Crippen LogP contribution in [0.15, 0.2) is 0 Å². The normalized spacial score (nSPS) is 22.9. The van der Waals surface area contributed by atoms with Gasteiger partial charge in [0.15, 0.2) is 0 Å². The third-order valence-electron chi connectivity index (χ3n) is 4.72. The van der Waals surface area contributed by atoms with Gasteiger partial charge in [0.25, 0.3) is 0 Å². The Bertz CT molecular complexity index is 527. The van der Waals surface area contributed by atoms with Crippen molar-refractivity contribution in [3.63, 3.8) is 0 Å². The van der Waals surface area contributed by atoms with Gasteiger partial charge in [-0.2, -0.15) is 26.3 Å². The first kappa shape index (κ1) is 29.4. The third-order valence-corrected chi connectivity index (χ3v) is 4.72. The average molecular weight is 468 g/mol. The molecule has 2 aliphatic rings. The molecule has 2 fully saturated rings. The zero-order valence-electron chi connectivity index (χ0n) is 17.7. The van der Waals surface area contributed by atoms with Gasteiger partial charge in [-0.25, -0.2) is 9.59 Å². The second-order valence-electron chi connectivity index (χ2n) is 7.39. The van der Waals surface area contributed by atoms with Crippen LogP contribution in [-0.4, -0.2) is 95.3 Å². The topological polar surface area (TPSA) is 90.3 Å². The molecule has 0 aliphatic carbocycles. The highest BCUT2D eigenvalue weighted by molar-refractivity contribution is 5.73. The Morgan fingerprint density at radius 1 is 1.03 bits per heavy atom. The summed E-state index contributed by atoms with van der Waals surface area (Å²) < 4.78 is 69.2. The number of piperazine rings is 1. The van der Waals surface area contributed by atoms with E-state index in [1.807, 2.05) is 0 Å². The monoisotopic (exact) mass is 468 g/mol. The largest absolute Gasteiger partial charge is 0.490 e. The summed E-state index contributed by atoms with van der Waals surface area (Å²) in [6.45, 7) is 12.8. The van der Waals surface area contributed by atoms with E-state index in [4.69, 9.17) is 24.5 Å². The van der Waals surface area contributed by atoms with Gasteiger partial charge in [-0.15, -0.1) is 0 Å². The fourth-order valence-corrected chi connectivity index (χ4v) is 3.22. The molecule has 0 radical (unpaired) electrons. The van der Waals surface area contributed by atoms with Crippen molar-refractivity contribution >= 4 is 11.9 Å². The molecule has 2 N–H and O–H groups in total. The van der Waals surface area contributed by atoms with Crippen LogP contribution in [0.5, 0.6) is 0 Å². The standard InChI is InChI=1S/C14H28N2O.2C2HF3O2/c1-4-13-10-15(7-8-16(13)12(2)3)11-14-6-5-9-17-14;2*3-2(4,5)1(6)7/h12-14H,4-11H2,1-3H3;2*(H,6,7). The van der Waals surface area contributed by atoms with E-state index in [1.54, 1.807) is 0 Å². The van der Waals surface area contributed by atoms with Crippen LogP contribution in [0.2, 0.25) is 0 Å². The van der Waals surface area contributed by atoms with Gasteiger partial charge in [-0.3, -0.25) is 9.80 Å². The van der Waals surface area contributed by atoms with Crippen LogP contribution in [0.3, 0.4) is 0 Å². The van der Waals surface area contributed by atoms with Crippen LogP contribution >= 0.6 is 0 Å². The molecule has 2 unspecified atom stereocenters. The van der Waals surface area contributed by atoms with Crippen LogP contribution in [-0.2, 0) is 14.3 Å². The summed E-state index contributed by atoms with van der Waals surface area (Å²) in [6.07, 6.45) is -5.87. The van der Waals surface area contributed by atoms with Gasteiger partial charge in [0.05, 0.1) is 6.10 Å². The Kier molecular flexibility index (Phi) is 12.4. The molecule has 13 heteroatoms. The molecule has 2 rings (SSSR count). The Morgan fingerprint density at radius 3 is 1.84 bits per heavy atom. The summed E-state index contributed by atoms with van der Waals surface area (Å²) in [7, 11) is 0. The van der Waals surface area contributed by atoms with E-state index in [-0.39, 0.29) is 0 Å². The summed E-state index contributed by atoms with van der Waals surface area (Å²) in [6, 6.07) is 1.43. The van der Waals surface area contributed by atoms with E-state index in [9.17, 15) is 26.3 Å². The molecule has 0 saturated carbocycles. The lowest BCUT2D eigenvalue weighted by Crippen LogP contribution is -2.56. The van der Waals surface area contributed by atoms with Gasteiger partial charge >= 0.3 is 24.3 Å². The zero-order valence-corrected chi connectivity index (χ0v) is 17.7. The molecule has 31 heavy (non-hydrogen) atoms. The molecule has 2 heterocycles. The maximum absolute atomic E-state index is 10.6. The van der Waals surface area contributed by atoms with Gasteiger partial charge in [-0.05, 0) is 33.1 Å². The van der Waals surface area contributed by atoms with Gasteiger partial charge < -0.3 is 14.9 Å². The molecule has 0 amide bonds. The molecule has 2 aliphatic heterocycles. The second kappa shape index (κ2) is 13.1. The summed E-state index contributed by atoms with van der Waals surface area (Å²) in [5.41, 5.74) is 0. The highest BCUT2D eigenvalue weighted by Gasteiger charge is 2.38. The van der Waals surface area contributed by atoms with Crippen molar-refractivity contribution in [2.24, 2.45) is 0 Å². The Hall–Kier alpha value is -1.60. The molecule has 0 bridgehead atoms. The maximum Gasteiger partial charge on any atom is 0.490 e. The number of ether oxygens (including phenoxy) is 1. The highest BCUT2D eigenvalue weighted by atomic mass is 19.4. The van der Waals surface area contributed by atoms with Crippen molar-refractivity contribution in [3.8, 4) is 0 Å². The van der Waals surface area contributed by atoms with Crippen molar-refractivity contribution in [1.82, 2.24) is 9.80 Å². The third kappa shape index (κ3) is 12.1. The molecule has 2 atom stereocenters. The van der Waals surface area contributed by atoms with Gasteiger partial charge in [-0.1, -0.05) is 6.92 Å². The summed E-state index contributed by atoms with van der Waals surface area (Å²) >= 11 is 0. The zero-order chi connectivity index (χ0) is 24.4.